The van der Waals surface area contributed by atoms with E-state index in [2.05, 4.69) is 11.8 Å². The minimum Gasteiger partial charge on any atom is -0.320 e. The van der Waals surface area contributed by atoms with Crippen LogP contribution in [-0.2, 0) is 6.54 Å². The Morgan fingerprint density at radius 3 is 2.74 bits per heavy atom. The van der Waals surface area contributed by atoms with E-state index in [0.29, 0.717) is 6.54 Å². The third-order valence-electron chi connectivity index (χ3n) is 2.79. The first-order chi connectivity index (χ1) is 8.98. The summed E-state index contributed by atoms with van der Waals surface area (Å²) in [5, 5.41) is 1.86. The van der Waals surface area contributed by atoms with Gasteiger partial charge >= 0.3 is 6.18 Å². The second kappa shape index (κ2) is 5.95. The summed E-state index contributed by atoms with van der Waals surface area (Å²) in [5.41, 5.74) is 6.10. The van der Waals surface area contributed by atoms with Gasteiger partial charge in [-0.3, -0.25) is 4.90 Å². The van der Waals surface area contributed by atoms with Crippen molar-refractivity contribution in [2.75, 3.05) is 13.1 Å². The smallest absolute Gasteiger partial charge is 0.320 e. The summed E-state index contributed by atoms with van der Waals surface area (Å²) in [6.45, 7) is -0.202. The molecule has 1 fully saturated rings. The zero-order valence-electron chi connectivity index (χ0n) is 10.3. The molecule has 0 radical (unpaired) electrons. The van der Waals surface area contributed by atoms with Crippen molar-refractivity contribution in [2.45, 2.75) is 31.6 Å². The number of thiophene rings is 1. The maximum atomic E-state index is 12.5. The fourth-order valence-electron chi connectivity index (χ4n) is 1.87. The molecule has 1 heterocycles. The number of hydrogen-bond acceptors (Lipinski definition) is 3. The molecule has 1 aromatic heterocycles. The molecule has 1 aromatic rings. The molecule has 0 unspecified atom stereocenters. The van der Waals surface area contributed by atoms with E-state index in [9.17, 15) is 13.2 Å². The van der Waals surface area contributed by atoms with E-state index in [1.165, 1.54) is 16.2 Å². The first-order valence-electron chi connectivity index (χ1n) is 6.05. The molecule has 0 saturated heterocycles. The van der Waals surface area contributed by atoms with Crippen molar-refractivity contribution >= 4 is 11.3 Å². The van der Waals surface area contributed by atoms with Gasteiger partial charge in [0.2, 0.25) is 0 Å². The third-order valence-corrected chi connectivity index (χ3v) is 3.71. The molecule has 0 aliphatic heterocycles. The van der Waals surface area contributed by atoms with Gasteiger partial charge in [-0.25, -0.2) is 0 Å². The number of rotatable bonds is 4. The molecule has 1 aliphatic rings. The predicted octanol–water partition coefficient (Wildman–Crippen LogP) is 2.59. The Morgan fingerprint density at radius 1 is 1.42 bits per heavy atom. The average molecular weight is 288 g/mol. The Hall–Kier alpha value is -1.03. The van der Waals surface area contributed by atoms with Crippen LogP contribution in [0.2, 0.25) is 0 Å². The minimum atomic E-state index is -4.14. The third kappa shape index (κ3) is 4.86. The molecule has 0 aromatic carbocycles. The lowest BCUT2D eigenvalue weighted by Gasteiger charge is -2.22. The standard InChI is InChI=1S/C13H15F3N2S/c14-13(15,16)9-18(11-3-4-11)7-12-6-10(8-19-12)2-1-5-17/h6,8,11H,3-5,7,9,17H2. The van der Waals surface area contributed by atoms with E-state index in [4.69, 9.17) is 5.73 Å². The molecular weight excluding hydrogens is 273 g/mol. The molecule has 2 N–H and O–H groups in total. The average Bonchev–Trinajstić information content (AvgIpc) is 3.07. The lowest BCUT2D eigenvalue weighted by Crippen LogP contribution is -2.35. The first-order valence-corrected chi connectivity index (χ1v) is 6.93. The van der Waals surface area contributed by atoms with Gasteiger partial charge in [-0.2, -0.15) is 13.2 Å². The summed E-state index contributed by atoms with van der Waals surface area (Å²) in [4.78, 5) is 2.42. The maximum Gasteiger partial charge on any atom is 0.401 e. The zero-order valence-corrected chi connectivity index (χ0v) is 11.2. The molecule has 1 saturated carbocycles. The van der Waals surface area contributed by atoms with Crippen LogP contribution in [0.3, 0.4) is 0 Å². The van der Waals surface area contributed by atoms with Gasteiger partial charge in [-0.05, 0) is 18.9 Å². The highest BCUT2D eigenvalue weighted by atomic mass is 32.1. The van der Waals surface area contributed by atoms with Crippen molar-refractivity contribution in [2.24, 2.45) is 5.73 Å². The van der Waals surface area contributed by atoms with Crippen molar-refractivity contribution in [3.8, 4) is 11.8 Å². The highest BCUT2D eigenvalue weighted by molar-refractivity contribution is 7.10. The Labute approximate surface area is 114 Å². The Kier molecular flexibility index (Phi) is 4.50. The number of halogens is 3. The van der Waals surface area contributed by atoms with Gasteiger partial charge in [0.15, 0.2) is 0 Å². The van der Waals surface area contributed by atoms with Crippen LogP contribution in [0.15, 0.2) is 11.4 Å². The van der Waals surface area contributed by atoms with E-state index in [-0.39, 0.29) is 12.6 Å². The van der Waals surface area contributed by atoms with Gasteiger partial charge in [0, 0.05) is 28.4 Å². The fourth-order valence-corrected chi connectivity index (χ4v) is 2.71. The summed E-state index contributed by atoms with van der Waals surface area (Å²) in [7, 11) is 0. The quantitative estimate of drug-likeness (QED) is 0.863. The molecule has 2 nitrogen and oxygen atoms in total. The summed E-state index contributed by atoms with van der Waals surface area (Å²) < 4.78 is 37.5. The normalized spacial score (nSPS) is 15.4. The summed E-state index contributed by atoms with van der Waals surface area (Å²) >= 11 is 1.45. The van der Waals surface area contributed by atoms with E-state index < -0.39 is 12.7 Å². The van der Waals surface area contributed by atoms with Crippen LogP contribution in [0.25, 0.3) is 0 Å². The Morgan fingerprint density at radius 2 is 2.16 bits per heavy atom. The number of nitrogens with zero attached hydrogens (tertiary/aromatic N) is 1. The molecule has 1 aliphatic carbocycles. The Bertz CT molecular complexity index is 480. The SMILES string of the molecule is NCC#Cc1csc(CN(CC(F)(F)F)C2CC2)c1. The highest BCUT2D eigenvalue weighted by Crippen LogP contribution is 2.32. The van der Waals surface area contributed by atoms with Crippen molar-refractivity contribution < 1.29 is 13.2 Å². The summed E-state index contributed by atoms with van der Waals surface area (Å²) in [5.74, 6) is 5.62. The van der Waals surface area contributed by atoms with Crippen LogP contribution in [-0.4, -0.2) is 30.2 Å². The van der Waals surface area contributed by atoms with Gasteiger partial charge < -0.3 is 5.73 Å². The molecule has 6 heteroatoms. The van der Waals surface area contributed by atoms with Crippen LogP contribution in [0.4, 0.5) is 13.2 Å². The predicted molar refractivity (Wildman–Crippen MR) is 69.7 cm³/mol. The van der Waals surface area contributed by atoms with Crippen LogP contribution in [0.5, 0.6) is 0 Å². The molecule has 19 heavy (non-hydrogen) atoms. The lowest BCUT2D eigenvalue weighted by atomic mass is 10.3. The summed E-state index contributed by atoms with van der Waals surface area (Å²) in [6.07, 6.45) is -2.41. The van der Waals surface area contributed by atoms with Gasteiger partial charge in [0.25, 0.3) is 0 Å². The van der Waals surface area contributed by atoms with Gasteiger partial charge in [-0.1, -0.05) is 11.8 Å². The van der Waals surface area contributed by atoms with Crippen molar-refractivity contribution in [1.29, 1.82) is 0 Å². The second-order valence-corrected chi connectivity index (χ2v) is 5.55. The summed E-state index contributed by atoms with van der Waals surface area (Å²) in [6, 6.07) is 1.93. The molecule has 2 rings (SSSR count). The van der Waals surface area contributed by atoms with E-state index >= 15 is 0 Å². The van der Waals surface area contributed by atoms with Gasteiger partial charge in [0.05, 0.1) is 13.1 Å². The van der Waals surface area contributed by atoms with Gasteiger partial charge in [0.1, 0.15) is 0 Å². The van der Waals surface area contributed by atoms with E-state index in [1.54, 1.807) is 0 Å². The van der Waals surface area contributed by atoms with Gasteiger partial charge in [-0.15, -0.1) is 11.3 Å². The maximum absolute atomic E-state index is 12.5. The number of hydrogen-bond donors (Lipinski definition) is 1. The molecular formula is C13H15F3N2S. The molecule has 0 atom stereocenters. The zero-order chi connectivity index (χ0) is 13.9. The van der Waals surface area contributed by atoms with Crippen LogP contribution in [0, 0.1) is 11.8 Å². The molecule has 0 bridgehead atoms. The minimum absolute atomic E-state index is 0.0855. The lowest BCUT2D eigenvalue weighted by molar-refractivity contribution is -0.148. The van der Waals surface area contributed by atoms with E-state index in [1.807, 2.05) is 11.4 Å². The van der Waals surface area contributed by atoms with E-state index in [0.717, 1.165) is 23.3 Å². The molecule has 0 amide bonds. The highest BCUT2D eigenvalue weighted by Gasteiger charge is 2.38. The molecule has 104 valence electrons. The van der Waals surface area contributed by atoms with Crippen LogP contribution >= 0.6 is 11.3 Å². The molecule has 0 spiro atoms. The topological polar surface area (TPSA) is 29.3 Å². The largest absolute Gasteiger partial charge is 0.401 e. The Balaban J connectivity index is 1.99. The fraction of sp³-hybridized carbons (Fsp3) is 0.538. The van der Waals surface area contributed by atoms with Crippen LogP contribution < -0.4 is 5.73 Å². The second-order valence-electron chi connectivity index (χ2n) is 4.56. The number of alkyl halides is 3. The first kappa shape index (κ1) is 14.4. The monoisotopic (exact) mass is 288 g/mol. The van der Waals surface area contributed by atoms with Crippen molar-refractivity contribution in [3.63, 3.8) is 0 Å². The van der Waals surface area contributed by atoms with Crippen LogP contribution in [0.1, 0.15) is 23.3 Å². The van der Waals surface area contributed by atoms with Crippen molar-refractivity contribution in [3.05, 3.63) is 21.9 Å². The number of nitrogens with two attached hydrogens (primary N) is 1. The van der Waals surface area contributed by atoms with Crippen molar-refractivity contribution in [1.82, 2.24) is 4.90 Å².